The van der Waals surface area contributed by atoms with Crippen molar-refractivity contribution in [2.24, 2.45) is 0 Å². The van der Waals surface area contributed by atoms with Crippen molar-refractivity contribution < 1.29 is 4.79 Å². The summed E-state index contributed by atoms with van der Waals surface area (Å²) in [6.45, 7) is 4.11. The zero-order valence-corrected chi connectivity index (χ0v) is 12.0. The number of amides is 1. The van der Waals surface area contributed by atoms with Crippen molar-refractivity contribution in [1.29, 1.82) is 0 Å². The number of carbonyl (C=O) groups is 1. The quantitative estimate of drug-likeness (QED) is 0.919. The van der Waals surface area contributed by atoms with Crippen molar-refractivity contribution in [2.45, 2.75) is 45.1 Å². The van der Waals surface area contributed by atoms with Crippen molar-refractivity contribution in [3.8, 4) is 0 Å². The minimum absolute atomic E-state index is 0.0138. The summed E-state index contributed by atoms with van der Waals surface area (Å²) in [4.78, 5) is 17.2. The summed E-state index contributed by atoms with van der Waals surface area (Å²) in [5.41, 5.74) is 2.75. The predicted octanol–water partition coefficient (Wildman–Crippen LogP) is 3.64. The first-order valence-corrected chi connectivity index (χ1v) is 7.39. The van der Waals surface area contributed by atoms with Crippen LogP contribution in [0.2, 0.25) is 0 Å². The van der Waals surface area contributed by atoms with Crippen molar-refractivity contribution in [2.75, 3.05) is 0 Å². The number of hydrogen-bond acceptors (Lipinski definition) is 2. The van der Waals surface area contributed by atoms with E-state index >= 15 is 0 Å². The molecule has 2 aromatic rings. The number of carbonyl (C=O) groups excluding carboxylic acids is 1. The molecule has 1 aromatic carbocycles. The van der Waals surface area contributed by atoms with Gasteiger partial charge < -0.3 is 5.32 Å². The van der Waals surface area contributed by atoms with Crippen LogP contribution in [0, 0.1) is 0 Å². The van der Waals surface area contributed by atoms with E-state index in [9.17, 15) is 4.79 Å². The lowest BCUT2D eigenvalue weighted by Gasteiger charge is -2.13. The molecule has 1 fully saturated rings. The molecule has 0 spiro atoms. The average molecular weight is 268 g/mol. The Kier molecular flexibility index (Phi) is 3.43. The number of aromatic nitrogens is 1. The molecule has 1 saturated carbocycles. The molecule has 1 atom stereocenters. The maximum absolute atomic E-state index is 12.5. The number of pyridine rings is 1. The van der Waals surface area contributed by atoms with Gasteiger partial charge in [0.25, 0.3) is 5.91 Å². The molecule has 3 heteroatoms. The van der Waals surface area contributed by atoms with E-state index in [1.54, 1.807) is 0 Å². The Morgan fingerprint density at radius 1 is 1.40 bits per heavy atom. The summed E-state index contributed by atoms with van der Waals surface area (Å²) >= 11 is 0. The monoisotopic (exact) mass is 268 g/mol. The fourth-order valence-electron chi connectivity index (χ4n) is 2.38. The molecule has 1 aliphatic carbocycles. The van der Waals surface area contributed by atoms with Gasteiger partial charge in [-0.3, -0.25) is 9.78 Å². The van der Waals surface area contributed by atoms with Gasteiger partial charge in [0, 0.05) is 23.0 Å². The van der Waals surface area contributed by atoms with E-state index in [1.807, 2.05) is 37.3 Å². The number of nitrogens with zero attached hydrogens (tertiary/aromatic N) is 1. The highest BCUT2D eigenvalue weighted by Gasteiger charge is 2.27. The average Bonchev–Trinajstić information content (AvgIpc) is 3.30. The predicted molar refractivity (Wildman–Crippen MR) is 80.9 cm³/mol. The minimum atomic E-state index is 0.0138. The Hall–Kier alpha value is -1.90. The fourth-order valence-corrected chi connectivity index (χ4v) is 2.38. The zero-order valence-electron chi connectivity index (χ0n) is 12.0. The maximum atomic E-state index is 12.5. The van der Waals surface area contributed by atoms with Crippen molar-refractivity contribution in [3.63, 3.8) is 0 Å². The van der Waals surface area contributed by atoms with Crippen molar-refractivity contribution in [3.05, 3.63) is 41.6 Å². The van der Waals surface area contributed by atoms with Crippen LogP contribution in [0.15, 0.2) is 30.3 Å². The fraction of sp³-hybridized carbons (Fsp3) is 0.412. The summed E-state index contributed by atoms with van der Waals surface area (Å²) < 4.78 is 0. The highest BCUT2D eigenvalue weighted by Crippen LogP contribution is 2.40. The number of benzene rings is 1. The Morgan fingerprint density at radius 2 is 2.15 bits per heavy atom. The van der Waals surface area contributed by atoms with Gasteiger partial charge in [0.15, 0.2) is 0 Å². The summed E-state index contributed by atoms with van der Waals surface area (Å²) in [7, 11) is 0. The molecule has 1 aliphatic rings. The van der Waals surface area contributed by atoms with Crippen LogP contribution < -0.4 is 5.32 Å². The van der Waals surface area contributed by atoms with Gasteiger partial charge in [-0.15, -0.1) is 0 Å². The Labute approximate surface area is 119 Å². The smallest absolute Gasteiger partial charge is 0.252 e. The Bertz CT molecular complexity index is 646. The summed E-state index contributed by atoms with van der Waals surface area (Å²) in [6.07, 6.45) is 3.32. The number of hydrogen-bond donors (Lipinski definition) is 1. The maximum Gasteiger partial charge on any atom is 0.252 e. The molecule has 3 nitrogen and oxygen atoms in total. The van der Waals surface area contributed by atoms with E-state index < -0.39 is 0 Å². The van der Waals surface area contributed by atoms with Crippen LogP contribution in [0.5, 0.6) is 0 Å². The van der Waals surface area contributed by atoms with E-state index in [-0.39, 0.29) is 11.9 Å². The molecule has 0 saturated heterocycles. The van der Waals surface area contributed by atoms with E-state index in [0.717, 1.165) is 28.6 Å². The van der Waals surface area contributed by atoms with Gasteiger partial charge in [-0.1, -0.05) is 25.1 Å². The third-order valence-electron chi connectivity index (χ3n) is 3.97. The van der Waals surface area contributed by atoms with Crippen molar-refractivity contribution in [1.82, 2.24) is 10.3 Å². The molecule has 20 heavy (non-hydrogen) atoms. The second-order valence-electron chi connectivity index (χ2n) is 5.67. The molecule has 1 amide bonds. The lowest BCUT2D eigenvalue weighted by Crippen LogP contribution is -2.32. The molecule has 104 valence electrons. The van der Waals surface area contributed by atoms with Gasteiger partial charge in [-0.2, -0.15) is 0 Å². The van der Waals surface area contributed by atoms with Gasteiger partial charge >= 0.3 is 0 Å². The Balaban J connectivity index is 2.05. The first kappa shape index (κ1) is 13.1. The topological polar surface area (TPSA) is 42.0 Å². The highest BCUT2D eigenvalue weighted by molar-refractivity contribution is 6.06. The molecule has 0 bridgehead atoms. The van der Waals surface area contributed by atoms with E-state index in [2.05, 4.69) is 12.2 Å². The highest BCUT2D eigenvalue weighted by atomic mass is 16.1. The largest absolute Gasteiger partial charge is 0.350 e. The van der Waals surface area contributed by atoms with Crippen LogP contribution in [-0.4, -0.2) is 16.9 Å². The van der Waals surface area contributed by atoms with E-state index in [1.165, 1.54) is 12.8 Å². The Morgan fingerprint density at radius 3 is 2.85 bits per heavy atom. The minimum Gasteiger partial charge on any atom is -0.350 e. The van der Waals surface area contributed by atoms with Crippen molar-refractivity contribution >= 4 is 16.8 Å². The molecule has 1 aromatic heterocycles. The molecule has 0 radical (unpaired) electrons. The van der Waals surface area contributed by atoms with Crippen LogP contribution in [0.4, 0.5) is 0 Å². The number of fused-ring (bicyclic) bond motifs is 1. The summed E-state index contributed by atoms with van der Waals surface area (Å²) in [5.74, 6) is 0.564. The molecule has 1 heterocycles. The lowest BCUT2D eigenvalue weighted by molar-refractivity contribution is 0.0941. The van der Waals surface area contributed by atoms with Crippen LogP contribution in [0.3, 0.4) is 0 Å². The van der Waals surface area contributed by atoms with Gasteiger partial charge in [-0.25, -0.2) is 0 Å². The molecule has 0 aliphatic heterocycles. The molecule has 1 N–H and O–H groups in total. The molecular formula is C17H20N2O. The van der Waals surface area contributed by atoms with E-state index in [4.69, 9.17) is 4.98 Å². The summed E-state index contributed by atoms with van der Waals surface area (Å²) in [6, 6.07) is 10.1. The molecule has 0 unspecified atom stereocenters. The van der Waals surface area contributed by atoms with Gasteiger partial charge in [0.05, 0.1) is 11.1 Å². The lowest BCUT2D eigenvalue weighted by atomic mass is 10.0. The van der Waals surface area contributed by atoms with Gasteiger partial charge in [-0.05, 0) is 38.3 Å². The number of nitrogens with one attached hydrogen (secondary N) is 1. The number of rotatable bonds is 4. The number of para-hydroxylation sites is 1. The summed E-state index contributed by atoms with van der Waals surface area (Å²) in [5, 5.41) is 4.00. The van der Waals surface area contributed by atoms with Crippen LogP contribution in [-0.2, 0) is 0 Å². The molecular weight excluding hydrogens is 248 g/mol. The standard InChI is InChI=1S/C17H20N2O/c1-3-11(2)18-17(20)14-10-16(12-8-9-12)19-15-7-5-4-6-13(14)15/h4-7,10-12H,3,8-9H2,1-2H3,(H,18,20)/t11-/m1/s1. The van der Waals surface area contributed by atoms with Crippen LogP contribution in [0.25, 0.3) is 10.9 Å². The first-order valence-electron chi connectivity index (χ1n) is 7.39. The third kappa shape index (κ3) is 2.53. The third-order valence-corrected chi connectivity index (χ3v) is 3.97. The second kappa shape index (κ2) is 5.23. The first-order chi connectivity index (χ1) is 9.69. The van der Waals surface area contributed by atoms with Gasteiger partial charge in [0.1, 0.15) is 0 Å². The second-order valence-corrected chi connectivity index (χ2v) is 5.67. The zero-order chi connectivity index (χ0) is 14.1. The van der Waals surface area contributed by atoms with E-state index in [0.29, 0.717) is 5.92 Å². The van der Waals surface area contributed by atoms with Gasteiger partial charge in [0.2, 0.25) is 0 Å². The normalized spacial score (nSPS) is 16.1. The van der Waals surface area contributed by atoms with Crippen LogP contribution in [0.1, 0.15) is 55.1 Å². The SMILES string of the molecule is CC[C@@H](C)NC(=O)c1cc(C2CC2)nc2ccccc12. The molecule has 3 rings (SSSR count). The van der Waals surface area contributed by atoms with Crippen LogP contribution >= 0.6 is 0 Å².